The van der Waals surface area contributed by atoms with Crippen LogP contribution in [0.1, 0.15) is 32.5 Å². The van der Waals surface area contributed by atoms with E-state index in [1.165, 1.54) is 11.8 Å². The molecule has 0 saturated heterocycles. The van der Waals surface area contributed by atoms with Gasteiger partial charge < -0.3 is 5.32 Å². The first kappa shape index (κ1) is 15.6. The van der Waals surface area contributed by atoms with Crippen LogP contribution in [0.5, 0.6) is 0 Å². The number of nitrogens with zero attached hydrogens (tertiary/aromatic N) is 2. The van der Waals surface area contributed by atoms with E-state index in [1.807, 2.05) is 37.4 Å². The van der Waals surface area contributed by atoms with Gasteiger partial charge in [0.2, 0.25) is 5.91 Å². The maximum absolute atomic E-state index is 12.1. The molecule has 2 N–H and O–H groups in total. The molecule has 0 aliphatic carbocycles. The van der Waals surface area contributed by atoms with Crippen LogP contribution in [0.2, 0.25) is 0 Å². The number of carbonyl (C=O) groups is 1. The van der Waals surface area contributed by atoms with Crippen LogP contribution in [-0.2, 0) is 4.79 Å². The van der Waals surface area contributed by atoms with Crippen molar-refractivity contribution in [3.05, 3.63) is 30.1 Å². The highest BCUT2D eigenvalue weighted by Gasteiger charge is 2.16. The number of aromatic nitrogens is 3. The van der Waals surface area contributed by atoms with E-state index < -0.39 is 0 Å². The molecule has 0 aliphatic rings. The van der Waals surface area contributed by atoms with E-state index in [0.29, 0.717) is 5.82 Å². The van der Waals surface area contributed by atoms with Gasteiger partial charge >= 0.3 is 0 Å². The molecule has 0 unspecified atom stereocenters. The van der Waals surface area contributed by atoms with Crippen LogP contribution in [0.4, 0.5) is 5.69 Å². The zero-order valence-electron chi connectivity index (χ0n) is 12.7. The molecule has 0 radical (unpaired) electrons. The molecule has 0 spiro atoms. The van der Waals surface area contributed by atoms with Gasteiger partial charge in [0, 0.05) is 11.5 Å². The third-order valence-electron chi connectivity index (χ3n) is 3.20. The monoisotopic (exact) mass is 304 g/mol. The number of aromatic amines is 1. The summed E-state index contributed by atoms with van der Waals surface area (Å²) in [5.41, 5.74) is 1.56. The van der Waals surface area contributed by atoms with Crippen molar-refractivity contribution >= 4 is 23.4 Å². The standard InChI is InChI=1S/C15H20N4OS/c1-9(2)13-17-14(19-18-13)11-7-5-6-8-12(11)16-15(20)10(3)21-4/h5-10H,1-4H3,(H,16,20)(H,17,18,19)/t10-/m0/s1. The van der Waals surface area contributed by atoms with Crippen LogP contribution in [0.25, 0.3) is 11.4 Å². The molecular weight excluding hydrogens is 284 g/mol. The quantitative estimate of drug-likeness (QED) is 0.889. The normalized spacial score (nSPS) is 12.4. The number of para-hydroxylation sites is 1. The van der Waals surface area contributed by atoms with Gasteiger partial charge in [-0.15, -0.1) is 0 Å². The number of rotatable bonds is 5. The fourth-order valence-corrected chi connectivity index (χ4v) is 2.05. The van der Waals surface area contributed by atoms with Gasteiger partial charge in [-0.2, -0.15) is 16.9 Å². The number of hydrogen-bond acceptors (Lipinski definition) is 4. The fraction of sp³-hybridized carbons (Fsp3) is 0.400. The second-order valence-electron chi connectivity index (χ2n) is 5.11. The number of benzene rings is 1. The zero-order chi connectivity index (χ0) is 15.4. The van der Waals surface area contributed by atoms with Crippen molar-refractivity contribution in [2.45, 2.75) is 31.9 Å². The topological polar surface area (TPSA) is 70.7 Å². The molecule has 1 heterocycles. The Bertz CT molecular complexity index is 624. The van der Waals surface area contributed by atoms with Gasteiger partial charge in [0.25, 0.3) is 0 Å². The molecule has 1 aromatic carbocycles. The van der Waals surface area contributed by atoms with Crippen molar-refractivity contribution in [3.8, 4) is 11.4 Å². The Morgan fingerprint density at radius 1 is 1.29 bits per heavy atom. The molecule has 21 heavy (non-hydrogen) atoms. The van der Waals surface area contributed by atoms with Crippen LogP contribution in [-0.4, -0.2) is 32.6 Å². The molecule has 0 aliphatic heterocycles. The van der Waals surface area contributed by atoms with E-state index in [2.05, 4.69) is 34.3 Å². The lowest BCUT2D eigenvalue weighted by Gasteiger charge is -2.12. The minimum Gasteiger partial charge on any atom is -0.324 e. The van der Waals surface area contributed by atoms with Gasteiger partial charge in [0.1, 0.15) is 5.82 Å². The van der Waals surface area contributed by atoms with E-state index >= 15 is 0 Å². The van der Waals surface area contributed by atoms with Crippen LogP contribution >= 0.6 is 11.8 Å². The number of H-pyrrole nitrogens is 1. The molecule has 0 fully saturated rings. The van der Waals surface area contributed by atoms with E-state index in [0.717, 1.165) is 17.1 Å². The lowest BCUT2D eigenvalue weighted by molar-refractivity contribution is -0.115. The number of thioether (sulfide) groups is 1. The number of hydrogen-bond donors (Lipinski definition) is 2. The Morgan fingerprint density at radius 2 is 2.00 bits per heavy atom. The van der Waals surface area contributed by atoms with Gasteiger partial charge in [-0.3, -0.25) is 9.89 Å². The molecule has 6 heteroatoms. The molecule has 0 bridgehead atoms. The molecular formula is C15H20N4OS. The molecule has 1 amide bonds. The lowest BCUT2D eigenvalue weighted by atomic mass is 10.1. The highest BCUT2D eigenvalue weighted by Crippen LogP contribution is 2.26. The second kappa shape index (κ2) is 6.76. The van der Waals surface area contributed by atoms with Crippen LogP contribution in [0, 0.1) is 0 Å². The fourth-order valence-electron chi connectivity index (χ4n) is 1.78. The van der Waals surface area contributed by atoms with Crippen molar-refractivity contribution in [1.82, 2.24) is 15.2 Å². The molecule has 1 aromatic heterocycles. The minimum atomic E-state index is -0.101. The highest BCUT2D eigenvalue weighted by atomic mass is 32.2. The Labute approximate surface area is 128 Å². The average Bonchev–Trinajstić information content (AvgIpc) is 2.96. The largest absolute Gasteiger partial charge is 0.324 e. The smallest absolute Gasteiger partial charge is 0.237 e. The summed E-state index contributed by atoms with van der Waals surface area (Å²) in [7, 11) is 0. The predicted octanol–water partition coefficient (Wildman–Crippen LogP) is 3.29. The summed E-state index contributed by atoms with van der Waals surface area (Å²) < 4.78 is 0. The van der Waals surface area contributed by atoms with E-state index in [1.54, 1.807) is 0 Å². The number of amides is 1. The van der Waals surface area contributed by atoms with Crippen molar-refractivity contribution in [3.63, 3.8) is 0 Å². The number of nitrogens with one attached hydrogen (secondary N) is 2. The van der Waals surface area contributed by atoms with Crippen LogP contribution < -0.4 is 5.32 Å². The Balaban J connectivity index is 2.30. The summed E-state index contributed by atoms with van der Waals surface area (Å²) in [5.74, 6) is 1.70. The number of anilines is 1. The first-order chi connectivity index (χ1) is 10.0. The second-order valence-corrected chi connectivity index (χ2v) is 6.29. The summed E-state index contributed by atoms with van der Waals surface area (Å²) in [5, 5.41) is 10.0. The zero-order valence-corrected chi connectivity index (χ0v) is 13.5. The molecule has 2 aromatic rings. The molecule has 112 valence electrons. The molecule has 0 saturated carbocycles. The Kier molecular flexibility index (Phi) is 5.01. The van der Waals surface area contributed by atoms with Crippen molar-refractivity contribution in [2.24, 2.45) is 0 Å². The highest BCUT2D eigenvalue weighted by molar-refractivity contribution is 7.99. The summed E-state index contributed by atoms with van der Waals surface area (Å²) in [6.45, 7) is 5.99. The average molecular weight is 304 g/mol. The van der Waals surface area contributed by atoms with E-state index in [4.69, 9.17) is 0 Å². The summed E-state index contributed by atoms with van der Waals surface area (Å²) in [4.78, 5) is 16.5. The van der Waals surface area contributed by atoms with Gasteiger partial charge in [-0.05, 0) is 25.3 Å². The lowest BCUT2D eigenvalue weighted by Crippen LogP contribution is -2.22. The van der Waals surface area contributed by atoms with Gasteiger partial charge in [0.05, 0.1) is 10.9 Å². The third kappa shape index (κ3) is 3.64. The Hall–Kier alpha value is -1.82. The van der Waals surface area contributed by atoms with Gasteiger partial charge in [-0.1, -0.05) is 26.0 Å². The van der Waals surface area contributed by atoms with Crippen LogP contribution in [0.3, 0.4) is 0 Å². The van der Waals surface area contributed by atoms with Crippen molar-refractivity contribution in [2.75, 3.05) is 11.6 Å². The maximum atomic E-state index is 12.1. The maximum Gasteiger partial charge on any atom is 0.237 e. The SMILES string of the molecule is CS[C@@H](C)C(=O)Nc1ccccc1-c1n[nH]c(C(C)C)n1. The van der Waals surface area contributed by atoms with Gasteiger partial charge in [-0.25, -0.2) is 4.98 Å². The van der Waals surface area contributed by atoms with Crippen molar-refractivity contribution < 1.29 is 4.79 Å². The third-order valence-corrected chi connectivity index (χ3v) is 4.12. The van der Waals surface area contributed by atoms with Crippen LogP contribution in [0.15, 0.2) is 24.3 Å². The predicted molar refractivity (Wildman–Crippen MR) is 87.5 cm³/mol. The summed E-state index contributed by atoms with van der Waals surface area (Å²) >= 11 is 1.51. The first-order valence-electron chi connectivity index (χ1n) is 6.88. The summed E-state index contributed by atoms with van der Waals surface area (Å²) in [6, 6.07) is 7.58. The first-order valence-corrected chi connectivity index (χ1v) is 8.17. The number of carbonyl (C=O) groups excluding carboxylic acids is 1. The van der Waals surface area contributed by atoms with Crippen molar-refractivity contribution in [1.29, 1.82) is 0 Å². The Morgan fingerprint density at radius 3 is 2.62 bits per heavy atom. The molecule has 1 atom stereocenters. The van der Waals surface area contributed by atoms with Gasteiger partial charge in [0.15, 0.2) is 5.82 Å². The minimum absolute atomic E-state index is 0.0189. The van der Waals surface area contributed by atoms with E-state index in [-0.39, 0.29) is 17.1 Å². The van der Waals surface area contributed by atoms with E-state index in [9.17, 15) is 4.79 Å². The molecule has 2 rings (SSSR count). The summed E-state index contributed by atoms with van der Waals surface area (Å²) in [6.07, 6.45) is 1.92. The molecule has 5 nitrogen and oxygen atoms in total.